The first-order chi connectivity index (χ1) is 59.0. The van der Waals surface area contributed by atoms with Crippen molar-refractivity contribution in [1.82, 2.24) is 0 Å². The molecule has 0 atom stereocenters. The van der Waals surface area contributed by atoms with E-state index in [1.165, 1.54) is 22.2 Å². The molecule has 7 heteroatoms. The monoisotopic (exact) mass is 1560 g/mol. The number of rotatable bonds is 12. The lowest BCUT2D eigenvalue weighted by Crippen LogP contribution is -2.61. The summed E-state index contributed by atoms with van der Waals surface area (Å²) < 4.78 is 13.8. The van der Waals surface area contributed by atoms with Crippen molar-refractivity contribution in [3.8, 4) is 112 Å². The molecule has 0 unspecified atom stereocenters. The summed E-state index contributed by atoms with van der Waals surface area (Å²) >= 11 is 0. The summed E-state index contributed by atoms with van der Waals surface area (Å²) in [5.74, 6) is 3.14. The van der Waals surface area contributed by atoms with E-state index in [2.05, 4.69) is 470 Å². The van der Waals surface area contributed by atoms with Gasteiger partial charge in [-0.1, -0.05) is 341 Å². The third-order valence-corrected chi connectivity index (χ3v) is 24.9. The molecule has 0 bridgehead atoms. The highest BCUT2D eigenvalue weighted by Gasteiger charge is 2.48. The SMILES string of the molecule is CC(C)(C)c1cc(-c2ccccc2-c2ccccc2)c(N2c3cc(N4c5ccccc5Oc5ccccc54)ccc3B3c4ccc(N5c6ccccc6Oc6ccccc65)cc4N(c4c(-c5ccccc5-c5ccccc5)cc(C(C)(C)C)cc4-c4ccccc4-c4ccccc4)c4cc(C(C)(C)C)cc2c43)c(-c2ccccc2-c2ccccc2)c1. The second-order valence-electron chi connectivity index (χ2n) is 35.5. The predicted molar refractivity (Wildman–Crippen MR) is 510 cm³/mol. The number of para-hydroxylation sites is 8. The molecular formula is C114H91BN4O2. The van der Waals surface area contributed by atoms with Crippen molar-refractivity contribution in [1.29, 1.82) is 0 Å². The van der Waals surface area contributed by atoms with Gasteiger partial charge in [-0.25, -0.2) is 0 Å². The van der Waals surface area contributed by atoms with Crippen molar-refractivity contribution in [2.45, 2.75) is 78.6 Å². The molecule has 0 aliphatic carbocycles. The summed E-state index contributed by atoms with van der Waals surface area (Å²) in [7, 11) is 0. The van der Waals surface area contributed by atoms with Crippen LogP contribution in [-0.2, 0) is 16.2 Å². The molecule has 4 aliphatic rings. The maximum absolute atomic E-state index is 6.91. The second-order valence-corrected chi connectivity index (χ2v) is 35.5. The predicted octanol–water partition coefficient (Wildman–Crippen LogP) is 30.1. The maximum atomic E-state index is 6.91. The lowest BCUT2D eigenvalue weighted by molar-refractivity contribution is 0.477. The van der Waals surface area contributed by atoms with Gasteiger partial charge in [-0.15, -0.1) is 0 Å². The van der Waals surface area contributed by atoms with Crippen LogP contribution in [0.15, 0.2) is 388 Å². The molecule has 0 aromatic heterocycles. The highest BCUT2D eigenvalue weighted by Crippen LogP contribution is 2.61. The molecule has 0 fully saturated rings. The highest BCUT2D eigenvalue weighted by atomic mass is 16.5. The summed E-state index contributed by atoms with van der Waals surface area (Å²) in [6.07, 6.45) is 0. The van der Waals surface area contributed by atoms with Gasteiger partial charge >= 0.3 is 0 Å². The van der Waals surface area contributed by atoms with Crippen LogP contribution in [0.5, 0.6) is 23.0 Å². The summed E-state index contributed by atoms with van der Waals surface area (Å²) in [5, 5.41) is 0. The van der Waals surface area contributed by atoms with Crippen molar-refractivity contribution in [2.75, 3.05) is 19.6 Å². The van der Waals surface area contributed by atoms with Gasteiger partial charge in [-0.2, -0.15) is 0 Å². The highest BCUT2D eigenvalue weighted by molar-refractivity contribution is 7.00. The molecular weight excluding hydrogens is 1470 g/mol. The third-order valence-electron chi connectivity index (χ3n) is 24.9. The van der Waals surface area contributed by atoms with Crippen LogP contribution in [0.25, 0.3) is 89.0 Å². The van der Waals surface area contributed by atoms with E-state index < -0.39 is 5.41 Å². The molecule has 0 radical (unpaired) electrons. The number of ether oxygens (including phenoxy) is 2. The Bertz CT molecular complexity index is 6230. The number of benzene rings is 17. The quantitative estimate of drug-likeness (QED) is 0.113. The van der Waals surface area contributed by atoms with Crippen molar-refractivity contribution in [3.05, 3.63) is 405 Å². The Labute approximate surface area is 711 Å². The largest absolute Gasteiger partial charge is 0.453 e. The zero-order valence-corrected chi connectivity index (χ0v) is 69.6. The van der Waals surface area contributed by atoms with Gasteiger partial charge in [0.25, 0.3) is 6.71 Å². The molecule has 0 spiro atoms. The third kappa shape index (κ3) is 12.8. The number of hydrogen-bond acceptors (Lipinski definition) is 6. The Morgan fingerprint density at radius 2 is 0.438 bits per heavy atom. The van der Waals surface area contributed by atoms with E-state index in [1.807, 2.05) is 0 Å². The van der Waals surface area contributed by atoms with Gasteiger partial charge in [0.15, 0.2) is 23.0 Å². The first-order valence-corrected chi connectivity index (χ1v) is 42.3. The van der Waals surface area contributed by atoms with Crippen LogP contribution in [0, 0.1) is 0 Å². The van der Waals surface area contributed by atoms with Gasteiger partial charge in [0.05, 0.1) is 34.1 Å². The fraction of sp³-hybridized carbons (Fsp3) is 0.105. The average Bonchev–Trinajstić information content (AvgIpc) is 0.681. The Morgan fingerprint density at radius 1 is 0.198 bits per heavy atom. The van der Waals surface area contributed by atoms with E-state index in [0.717, 1.165) is 191 Å². The molecule has 17 aromatic rings. The minimum Gasteiger partial charge on any atom is -0.453 e. The molecule has 0 saturated heterocycles. The fourth-order valence-corrected chi connectivity index (χ4v) is 18.9. The van der Waals surface area contributed by atoms with Gasteiger partial charge in [0, 0.05) is 56.4 Å². The summed E-state index contributed by atoms with van der Waals surface area (Å²) in [4.78, 5) is 10.3. The van der Waals surface area contributed by atoms with Crippen LogP contribution in [0.1, 0.15) is 79.0 Å². The molecule has 582 valence electrons. The molecule has 0 N–H and O–H groups in total. The van der Waals surface area contributed by atoms with E-state index in [1.54, 1.807) is 0 Å². The minimum atomic E-state index is -0.450. The van der Waals surface area contributed by atoms with Gasteiger partial charge in [-0.3, -0.25) is 0 Å². The topological polar surface area (TPSA) is 31.4 Å². The van der Waals surface area contributed by atoms with E-state index in [0.29, 0.717) is 0 Å². The van der Waals surface area contributed by atoms with E-state index in [4.69, 9.17) is 9.47 Å². The van der Waals surface area contributed by atoms with Crippen LogP contribution in [-0.4, -0.2) is 6.71 Å². The van der Waals surface area contributed by atoms with E-state index in [-0.39, 0.29) is 17.5 Å². The summed E-state index contributed by atoms with van der Waals surface area (Å²) in [6.45, 7) is 21.1. The first-order valence-electron chi connectivity index (χ1n) is 42.3. The second kappa shape index (κ2) is 29.3. The number of fused-ring (bicyclic) bond motifs is 8. The summed E-state index contributed by atoms with van der Waals surface area (Å²) in [6, 6.07) is 145. The van der Waals surface area contributed by atoms with Crippen LogP contribution in [0.3, 0.4) is 0 Å². The van der Waals surface area contributed by atoms with Crippen molar-refractivity contribution < 1.29 is 9.47 Å². The fourth-order valence-electron chi connectivity index (χ4n) is 18.9. The van der Waals surface area contributed by atoms with E-state index in [9.17, 15) is 0 Å². The van der Waals surface area contributed by atoms with Crippen LogP contribution in [0.2, 0.25) is 0 Å². The van der Waals surface area contributed by atoms with Crippen molar-refractivity contribution >= 4 is 91.3 Å². The molecule has 4 heterocycles. The Hall–Kier alpha value is -14.4. The molecule has 0 saturated carbocycles. The minimum absolute atomic E-state index is 0.323. The van der Waals surface area contributed by atoms with Crippen LogP contribution >= 0.6 is 0 Å². The number of hydrogen-bond donors (Lipinski definition) is 0. The zero-order valence-electron chi connectivity index (χ0n) is 69.6. The van der Waals surface area contributed by atoms with Crippen molar-refractivity contribution in [2.24, 2.45) is 0 Å². The standard InChI is InChI=1S/C114H91BN4O2/c1-112(2,3)78-66-91(87-50-26-22-46-83(87)74-38-14-10-15-39-74)110(92(67-78)88-51-27-23-47-84(88)75-40-16-11-17-41-75)118-101-72-81(116-97-54-30-34-58-105(97)120-106-59-35-31-55-98(106)116)62-64-95(101)115-96-65-63-82(117-99-56-32-36-60-107(99)121-108-61-37-33-57-100(108)117)73-102(96)119(104-71-80(114(7,8)9)70-103(118)109(104)115)111-93(89-52-28-24-48-85(89)76-42-18-12-19-43-76)68-79(113(4,5)6)69-94(111)90-53-29-25-49-86(90)77-44-20-13-21-45-77/h10-73H,1-9H3. The average molecular weight is 1560 g/mol. The van der Waals surface area contributed by atoms with Crippen LogP contribution in [0.4, 0.5) is 68.2 Å². The van der Waals surface area contributed by atoms with Gasteiger partial charge in [-0.05, 0) is 225 Å². The molecule has 0 amide bonds. The van der Waals surface area contributed by atoms with Gasteiger partial charge < -0.3 is 29.1 Å². The molecule has 21 rings (SSSR count). The maximum Gasteiger partial charge on any atom is 0.252 e. The van der Waals surface area contributed by atoms with Crippen LogP contribution < -0.4 is 45.5 Å². The molecule has 17 aromatic carbocycles. The van der Waals surface area contributed by atoms with Gasteiger partial charge in [0.2, 0.25) is 0 Å². The number of anilines is 12. The zero-order chi connectivity index (χ0) is 82.0. The van der Waals surface area contributed by atoms with Gasteiger partial charge in [0.1, 0.15) is 0 Å². The Balaban J connectivity index is 0.970. The lowest BCUT2D eigenvalue weighted by atomic mass is 9.33. The normalized spacial score (nSPS) is 13.0. The van der Waals surface area contributed by atoms with E-state index >= 15 is 0 Å². The Kier molecular flexibility index (Phi) is 18.0. The smallest absolute Gasteiger partial charge is 0.252 e. The summed E-state index contributed by atoms with van der Waals surface area (Å²) in [5.41, 5.74) is 36.2. The molecule has 121 heavy (non-hydrogen) atoms. The number of nitrogens with zero attached hydrogens (tertiary/aromatic N) is 4. The molecule has 4 aliphatic heterocycles. The first kappa shape index (κ1) is 74.2. The lowest BCUT2D eigenvalue weighted by Gasteiger charge is -2.47. The Morgan fingerprint density at radius 3 is 0.711 bits per heavy atom. The van der Waals surface area contributed by atoms with Crippen molar-refractivity contribution in [3.63, 3.8) is 0 Å². The molecule has 6 nitrogen and oxygen atoms in total.